The van der Waals surface area contributed by atoms with Crippen molar-refractivity contribution in [1.29, 1.82) is 0 Å². The van der Waals surface area contributed by atoms with Crippen LogP contribution in [0, 0.1) is 5.92 Å². The number of halogens is 1. The molecule has 0 spiro atoms. The summed E-state index contributed by atoms with van der Waals surface area (Å²) in [6.45, 7) is 9.25. The summed E-state index contributed by atoms with van der Waals surface area (Å²) in [5.41, 5.74) is 1.56. The molecule has 1 saturated heterocycles. The number of benzene rings is 1. The number of unbranched alkanes of at least 4 members (excludes halogenated alkanes) is 1. The first-order chi connectivity index (χ1) is 11.0. The molecule has 0 bridgehead atoms. The van der Waals surface area contributed by atoms with Gasteiger partial charge in [0.1, 0.15) is 0 Å². The monoisotopic (exact) mass is 445 g/mol. The SMILES string of the molecule is C[Si](C)(C)CCCCC(NI)(c1ccccc1)C1CCOCC1. The highest BCUT2D eigenvalue weighted by Gasteiger charge is 2.39. The van der Waals surface area contributed by atoms with Crippen LogP contribution in [0.4, 0.5) is 0 Å². The molecular weight excluding hydrogens is 413 g/mol. The minimum absolute atomic E-state index is 0.102. The topological polar surface area (TPSA) is 21.3 Å². The maximum absolute atomic E-state index is 5.62. The molecule has 0 aromatic heterocycles. The molecule has 1 N–H and O–H groups in total. The third-order valence-electron chi connectivity index (χ3n) is 5.12. The van der Waals surface area contributed by atoms with Crippen molar-refractivity contribution in [3.8, 4) is 0 Å². The Kier molecular flexibility index (Phi) is 7.57. The van der Waals surface area contributed by atoms with Crippen LogP contribution in [0.3, 0.4) is 0 Å². The van der Waals surface area contributed by atoms with Crippen LogP contribution in [0.5, 0.6) is 0 Å². The van der Waals surface area contributed by atoms with Gasteiger partial charge in [0, 0.05) is 44.2 Å². The highest BCUT2D eigenvalue weighted by atomic mass is 127. The zero-order valence-corrected chi connectivity index (χ0v) is 18.1. The van der Waals surface area contributed by atoms with E-state index in [0.717, 1.165) is 13.2 Å². The first kappa shape index (κ1) is 19.4. The van der Waals surface area contributed by atoms with Crippen LogP contribution in [-0.4, -0.2) is 21.3 Å². The number of hydrogen-bond donors (Lipinski definition) is 1. The Balaban J connectivity index is 2.13. The number of nitrogens with one attached hydrogen (secondary N) is 1. The van der Waals surface area contributed by atoms with Crippen LogP contribution in [-0.2, 0) is 10.3 Å². The highest BCUT2D eigenvalue weighted by molar-refractivity contribution is 14.1. The molecule has 0 aliphatic carbocycles. The molecular formula is C19H32INOSi. The van der Waals surface area contributed by atoms with Gasteiger partial charge >= 0.3 is 0 Å². The van der Waals surface area contributed by atoms with Crippen LogP contribution in [0.1, 0.15) is 37.7 Å². The summed E-state index contributed by atoms with van der Waals surface area (Å²) in [5, 5.41) is 0. The summed E-state index contributed by atoms with van der Waals surface area (Å²) < 4.78 is 9.35. The number of rotatable bonds is 8. The first-order valence-corrected chi connectivity index (χ1v) is 13.8. The lowest BCUT2D eigenvalue weighted by Gasteiger charge is -2.42. The van der Waals surface area contributed by atoms with Crippen LogP contribution in [0.2, 0.25) is 25.7 Å². The van der Waals surface area contributed by atoms with E-state index >= 15 is 0 Å². The summed E-state index contributed by atoms with van der Waals surface area (Å²) in [5.74, 6) is 0.669. The van der Waals surface area contributed by atoms with Crippen molar-refractivity contribution in [2.45, 2.75) is 63.3 Å². The predicted octanol–water partition coefficient (Wildman–Crippen LogP) is 5.76. The Morgan fingerprint density at radius 2 is 1.78 bits per heavy atom. The second kappa shape index (κ2) is 8.97. The average molecular weight is 445 g/mol. The Morgan fingerprint density at radius 1 is 1.13 bits per heavy atom. The van der Waals surface area contributed by atoms with Gasteiger partial charge in [0.15, 0.2) is 0 Å². The van der Waals surface area contributed by atoms with Gasteiger partial charge in [-0.15, -0.1) is 0 Å². The molecule has 1 atom stereocenters. The average Bonchev–Trinajstić information content (AvgIpc) is 2.56. The minimum atomic E-state index is -0.925. The van der Waals surface area contributed by atoms with Crippen LogP contribution in [0.25, 0.3) is 0 Å². The van der Waals surface area contributed by atoms with Crippen LogP contribution >= 0.6 is 22.9 Å². The zero-order valence-electron chi connectivity index (χ0n) is 14.9. The molecule has 2 rings (SSSR count). The first-order valence-electron chi connectivity index (χ1n) is 8.99. The van der Waals surface area contributed by atoms with Gasteiger partial charge in [0.25, 0.3) is 0 Å². The van der Waals surface area contributed by atoms with Gasteiger partial charge in [0.05, 0.1) is 5.54 Å². The van der Waals surface area contributed by atoms with Crippen molar-refractivity contribution in [1.82, 2.24) is 3.53 Å². The lowest BCUT2D eigenvalue weighted by atomic mass is 9.72. The smallest absolute Gasteiger partial charge is 0.0553 e. The van der Waals surface area contributed by atoms with E-state index in [1.54, 1.807) is 0 Å². The summed E-state index contributed by atoms with van der Waals surface area (Å²) >= 11 is 2.39. The third kappa shape index (κ3) is 5.55. The molecule has 1 unspecified atom stereocenters. The molecule has 2 nitrogen and oxygen atoms in total. The normalized spacial score (nSPS) is 19.5. The van der Waals surface area contributed by atoms with Gasteiger partial charge in [-0.25, -0.2) is 0 Å². The maximum Gasteiger partial charge on any atom is 0.0553 e. The van der Waals surface area contributed by atoms with Crippen molar-refractivity contribution in [2.75, 3.05) is 13.2 Å². The van der Waals surface area contributed by atoms with Crippen molar-refractivity contribution in [3.05, 3.63) is 35.9 Å². The molecule has 0 radical (unpaired) electrons. The van der Waals surface area contributed by atoms with E-state index < -0.39 is 8.07 Å². The summed E-state index contributed by atoms with van der Waals surface area (Å²) in [6, 6.07) is 12.5. The fourth-order valence-corrected chi connectivity index (χ4v) is 6.08. The number of hydrogen-bond acceptors (Lipinski definition) is 2. The maximum atomic E-state index is 5.62. The van der Waals surface area contributed by atoms with Gasteiger partial charge in [-0.2, -0.15) is 0 Å². The van der Waals surface area contributed by atoms with E-state index in [-0.39, 0.29) is 5.54 Å². The second-order valence-corrected chi connectivity index (χ2v) is 14.2. The molecule has 1 heterocycles. The van der Waals surface area contributed by atoms with E-state index in [9.17, 15) is 0 Å². The van der Waals surface area contributed by atoms with E-state index in [1.807, 2.05) is 0 Å². The molecule has 23 heavy (non-hydrogen) atoms. The Morgan fingerprint density at radius 3 is 2.35 bits per heavy atom. The minimum Gasteiger partial charge on any atom is -0.381 e. The lowest BCUT2D eigenvalue weighted by Crippen LogP contribution is -2.46. The van der Waals surface area contributed by atoms with Gasteiger partial charge in [-0.1, -0.05) is 68.9 Å². The molecule has 1 aromatic rings. The van der Waals surface area contributed by atoms with Gasteiger partial charge < -0.3 is 4.74 Å². The van der Waals surface area contributed by atoms with Crippen LogP contribution < -0.4 is 3.53 Å². The predicted molar refractivity (Wildman–Crippen MR) is 111 cm³/mol. The molecule has 1 aliphatic rings. The van der Waals surface area contributed by atoms with Gasteiger partial charge in [-0.3, -0.25) is 3.53 Å². The lowest BCUT2D eigenvalue weighted by molar-refractivity contribution is 0.0318. The molecule has 1 aliphatic heterocycles. The molecule has 0 saturated carbocycles. The quantitative estimate of drug-likeness (QED) is 0.238. The summed E-state index contributed by atoms with van der Waals surface area (Å²) in [4.78, 5) is 0. The second-order valence-electron chi connectivity index (χ2n) is 8.09. The van der Waals surface area contributed by atoms with E-state index in [1.165, 1.54) is 43.7 Å². The summed E-state index contributed by atoms with van der Waals surface area (Å²) in [7, 11) is -0.925. The largest absolute Gasteiger partial charge is 0.381 e. The van der Waals surface area contributed by atoms with E-state index in [4.69, 9.17) is 4.74 Å². The Bertz CT molecular complexity index is 456. The molecule has 4 heteroatoms. The number of ether oxygens (including phenoxy) is 1. The van der Waals surface area contributed by atoms with Gasteiger partial charge in [-0.05, 0) is 30.7 Å². The Hall–Kier alpha value is 0.0869. The van der Waals surface area contributed by atoms with Crippen molar-refractivity contribution >= 4 is 30.9 Å². The fourth-order valence-electron chi connectivity index (χ4n) is 3.75. The Labute approximate surface area is 157 Å². The van der Waals surface area contributed by atoms with Crippen molar-refractivity contribution in [2.24, 2.45) is 5.92 Å². The zero-order chi connectivity index (χ0) is 16.8. The standard InChI is InChI=1S/C19H32INOSi/c1-23(2,3)16-8-7-13-19(21-20,17-9-5-4-6-10-17)18-11-14-22-15-12-18/h4-6,9-10,18,21H,7-8,11-16H2,1-3H3. The molecule has 1 aromatic carbocycles. The molecule has 130 valence electrons. The van der Waals surface area contributed by atoms with Crippen molar-refractivity contribution < 1.29 is 4.74 Å². The fraction of sp³-hybridized carbons (Fsp3) is 0.684. The summed E-state index contributed by atoms with van der Waals surface area (Å²) in [6.07, 6.45) is 6.24. The highest BCUT2D eigenvalue weighted by Crippen LogP contribution is 2.41. The molecule has 0 amide bonds. The van der Waals surface area contributed by atoms with Gasteiger partial charge in [0.2, 0.25) is 0 Å². The molecule has 1 fully saturated rings. The van der Waals surface area contributed by atoms with Crippen LogP contribution in [0.15, 0.2) is 30.3 Å². The van der Waals surface area contributed by atoms with E-state index in [2.05, 4.69) is 76.4 Å². The van der Waals surface area contributed by atoms with E-state index in [0.29, 0.717) is 5.92 Å². The van der Waals surface area contributed by atoms with Crippen molar-refractivity contribution in [3.63, 3.8) is 0 Å². The third-order valence-corrected chi connectivity index (χ3v) is 7.94.